The van der Waals surface area contributed by atoms with Gasteiger partial charge in [-0.05, 0) is 47.0 Å². The minimum atomic E-state index is 0.0918. The van der Waals surface area contributed by atoms with Crippen molar-refractivity contribution in [3.63, 3.8) is 0 Å². The van der Waals surface area contributed by atoms with Crippen molar-refractivity contribution < 1.29 is 4.79 Å². The Morgan fingerprint density at radius 3 is 2.80 bits per heavy atom. The predicted molar refractivity (Wildman–Crippen MR) is 86.3 cm³/mol. The highest BCUT2D eigenvalue weighted by Crippen LogP contribution is 2.25. The van der Waals surface area contributed by atoms with E-state index in [0.717, 1.165) is 30.4 Å². The maximum atomic E-state index is 12.7. The first-order chi connectivity index (χ1) is 9.56. The summed E-state index contributed by atoms with van der Waals surface area (Å²) in [5.74, 6) is 0.0918. The molecule has 5 heteroatoms. The van der Waals surface area contributed by atoms with E-state index in [1.807, 2.05) is 4.90 Å². The van der Waals surface area contributed by atoms with Crippen LogP contribution in [-0.2, 0) is 0 Å². The van der Waals surface area contributed by atoms with Crippen molar-refractivity contribution in [2.24, 2.45) is 0 Å². The van der Waals surface area contributed by atoms with Crippen LogP contribution in [0, 0.1) is 0 Å². The van der Waals surface area contributed by atoms with Crippen molar-refractivity contribution in [2.45, 2.75) is 38.8 Å². The molecule has 1 heterocycles. The zero-order valence-corrected chi connectivity index (χ0v) is 14.2. The minimum Gasteiger partial charge on any atom is -0.333 e. The SMILES string of the molecule is CCC1CN(C(=O)c2ccc(Cl)c(Br)c2)C(CC)CN1. The molecule has 110 valence electrons. The third-order valence-electron chi connectivity index (χ3n) is 3.89. The molecule has 1 aromatic rings. The van der Waals surface area contributed by atoms with Crippen LogP contribution >= 0.6 is 27.5 Å². The normalized spacial score (nSPS) is 22.9. The number of rotatable bonds is 3. The molecule has 1 N–H and O–H groups in total. The van der Waals surface area contributed by atoms with E-state index in [-0.39, 0.29) is 11.9 Å². The molecule has 1 aliphatic heterocycles. The lowest BCUT2D eigenvalue weighted by Crippen LogP contribution is -2.57. The average molecular weight is 360 g/mol. The minimum absolute atomic E-state index is 0.0918. The van der Waals surface area contributed by atoms with Crippen LogP contribution in [0.25, 0.3) is 0 Å². The summed E-state index contributed by atoms with van der Waals surface area (Å²) in [7, 11) is 0. The second kappa shape index (κ2) is 6.92. The number of carbonyl (C=O) groups is 1. The Morgan fingerprint density at radius 1 is 1.45 bits per heavy atom. The number of halogens is 2. The molecular weight excluding hydrogens is 340 g/mol. The van der Waals surface area contributed by atoms with Gasteiger partial charge in [0.05, 0.1) is 5.02 Å². The van der Waals surface area contributed by atoms with E-state index in [2.05, 4.69) is 35.1 Å². The molecule has 0 aromatic heterocycles. The van der Waals surface area contributed by atoms with Crippen LogP contribution in [0.4, 0.5) is 0 Å². The fraction of sp³-hybridized carbons (Fsp3) is 0.533. The van der Waals surface area contributed by atoms with E-state index in [0.29, 0.717) is 16.6 Å². The van der Waals surface area contributed by atoms with E-state index in [1.165, 1.54) is 0 Å². The van der Waals surface area contributed by atoms with Gasteiger partial charge in [-0.25, -0.2) is 0 Å². The smallest absolute Gasteiger partial charge is 0.254 e. The van der Waals surface area contributed by atoms with Gasteiger partial charge in [-0.15, -0.1) is 0 Å². The summed E-state index contributed by atoms with van der Waals surface area (Å²) in [6.07, 6.45) is 1.99. The lowest BCUT2D eigenvalue weighted by Gasteiger charge is -2.40. The molecule has 1 saturated heterocycles. The maximum absolute atomic E-state index is 12.7. The first-order valence-corrected chi connectivity index (χ1v) is 8.23. The monoisotopic (exact) mass is 358 g/mol. The lowest BCUT2D eigenvalue weighted by molar-refractivity contribution is 0.0576. The van der Waals surface area contributed by atoms with Gasteiger partial charge < -0.3 is 10.2 Å². The molecule has 1 aliphatic rings. The second-order valence-electron chi connectivity index (χ2n) is 5.16. The van der Waals surface area contributed by atoms with Gasteiger partial charge in [-0.1, -0.05) is 25.4 Å². The summed E-state index contributed by atoms with van der Waals surface area (Å²) in [6, 6.07) is 6.02. The first-order valence-electron chi connectivity index (χ1n) is 7.06. The predicted octanol–water partition coefficient (Wildman–Crippen LogP) is 3.71. The van der Waals surface area contributed by atoms with Gasteiger partial charge in [0.2, 0.25) is 0 Å². The Morgan fingerprint density at radius 2 is 2.20 bits per heavy atom. The summed E-state index contributed by atoms with van der Waals surface area (Å²) in [4.78, 5) is 14.7. The molecule has 3 nitrogen and oxygen atoms in total. The number of benzene rings is 1. The summed E-state index contributed by atoms with van der Waals surface area (Å²) >= 11 is 9.37. The van der Waals surface area contributed by atoms with Crippen molar-refractivity contribution in [3.8, 4) is 0 Å². The molecule has 1 amide bonds. The maximum Gasteiger partial charge on any atom is 0.254 e. The number of piperazine rings is 1. The highest BCUT2D eigenvalue weighted by atomic mass is 79.9. The number of carbonyl (C=O) groups excluding carboxylic acids is 1. The number of nitrogens with one attached hydrogen (secondary N) is 1. The van der Waals surface area contributed by atoms with Crippen molar-refractivity contribution in [1.82, 2.24) is 10.2 Å². The molecule has 2 rings (SSSR count). The Hall–Kier alpha value is -0.580. The number of hydrogen-bond donors (Lipinski definition) is 1. The molecule has 0 spiro atoms. The zero-order chi connectivity index (χ0) is 14.7. The Bertz CT molecular complexity index is 495. The van der Waals surface area contributed by atoms with Gasteiger partial charge in [0.1, 0.15) is 0 Å². The number of amides is 1. The standard InChI is InChI=1S/C15H20BrClN2O/c1-3-11-9-19(12(4-2)8-18-11)15(20)10-5-6-14(17)13(16)7-10/h5-7,11-12,18H,3-4,8-9H2,1-2H3. The fourth-order valence-corrected chi connectivity index (χ4v) is 3.04. The van der Waals surface area contributed by atoms with E-state index in [9.17, 15) is 4.79 Å². The molecule has 0 radical (unpaired) electrons. The largest absolute Gasteiger partial charge is 0.333 e. The Kier molecular flexibility index (Phi) is 5.47. The van der Waals surface area contributed by atoms with Crippen LogP contribution < -0.4 is 5.32 Å². The highest BCUT2D eigenvalue weighted by Gasteiger charge is 2.30. The highest BCUT2D eigenvalue weighted by molar-refractivity contribution is 9.10. The zero-order valence-electron chi connectivity index (χ0n) is 11.8. The second-order valence-corrected chi connectivity index (χ2v) is 6.42. The summed E-state index contributed by atoms with van der Waals surface area (Å²) in [6.45, 7) is 5.91. The summed E-state index contributed by atoms with van der Waals surface area (Å²) in [5.41, 5.74) is 0.691. The van der Waals surface area contributed by atoms with Crippen molar-refractivity contribution in [3.05, 3.63) is 33.3 Å². The molecule has 0 saturated carbocycles. The van der Waals surface area contributed by atoms with Crippen LogP contribution in [0.1, 0.15) is 37.0 Å². The molecule has 1 fully saturated rings. The van der Waals surface area contributed by atoms with Crippen LogP contribution in [0.5, 0.6) is 0 Å². The third-order valence-corrected chi connectivity index (χ3v) is 5.11. The van der Waals surface area contributed by atoms with Crippen LogP contribution in [0.15, 0.2) is 22.7 Å². The van der Waals surface area contributed by atoms with Gasteiger partial charge in [-0.3, -0.25) is 4.79 Å². The van der Waals surface area contributed by atoms with Crippen molar-refractivity contribution >= 4 is 33.4 Å². The molecule has 2 atom stereocenters. The fourth-order valence-electron chi connectivity index (χ4n) is 2.55. The van der Waals surface area contributed by atoms with Crippen molar-refractivity contribution in [1.29, 1.82) is 0 Å². The quantitative estimate of drug-likeness (QED) is 0.892. The first kappa shape index (κ1) is 15.8. The van der Waals surface area contributed by atoms with Gasteiger partial charge in [0.15, 0.2) is 0 Å². The summed E-state index contributed by atoms with van der Waals surface area (Å²) < 4.78 is 0.764. The lowest BCUT2D eigenvalue weighted by atomic mass is 10.0. The van der Waals surface area contributed by atoms with Gasteiger partial charge in [0.25, 0.3) is 5.91 Å². The van der Waals surface area contributed by atoms with Gasteiger partial charge >= 0.3 is 0 Å². The molecule has 0 bridgehead atoms. The van der Waals surface area contributed by atoms with Gasteiger partial charge in [-0.2, -0.15) is 0 Å². The Balaban J connectivity index is 2.22. The van der Waals surface area contributed by atoms with E-state index in [4.69, 9.17) is 11.6 Å². The van der Waals surface area contributed by atoms with Crippen LogP contribution in [0.2, 0.25) is 5.02 Å². The molecule has 20 heavy (non-hydrogen) atoms. The van der Waals surface area contributed by atoms with Crippen LogP contribution in [-0.4, -0.2) is 36.0 Å². The van der Waals surface area contributed by atoms with Gasteiger partial charge in [0, 0.05) is 35.2 Å². The summed E-state index contributed by atoms with van der Waals surface area (Å²) in [5, 5.41) is 4.13. The van der Waals surface area contributed by atoms with E-state index < -0.39 is 0 Å². The van der Waals surface area contributed by atoms with Crippen LogP contribution in [0.3, 0.4) is 0 Å². The average Bonchev–Trinajstić information content (AvgIpc) is 2.48. The van der Waals surface area contributed by atoms with E-state index in [1.54, 1.807) is 18.2 Å². The van der Waals surface area contributed by atoms with Crippen molar-refractivity contribution in [2.75, 3.05) is 13.1 Å². The van der Waals surface area contributed by atoms with E-state index >= 15 is 0 Å². The number of hydrogen-bond acceptors (Lipinski definition) is 2. The Labute approximate surface area is 133 Å². The molecular formula is C15H20BrClN2O. The molecule has 1 aromatic carbocycles. The third kappa shape index (κ3) is 3.35. The topological polar surface area (TPSA) is 32.3 Å². The molecule has 0 aliphatic carbocycles. The number of nitrogens with zero attached hydrogens (tertiary/aromatic N) is 1. The molecule has 2 unspecified atom stereocenters.